The van der Waals surface area contributed by atoms with Crippen LogP contribution in [0.25, 0.3) is 21.7 Å². The summed E-state index contributed by atoms with van der Waals surface area (Å²) < 4.78 is 2.47. The largest absolute Gasteiger partial charge is 0.332 e. The normalized spacial score (nSPS) is 11.2. The number of nitrogens with zero attached hydrogens (tertiary/aromatic N) is 4. The number of benzene rings is 1. The third-order valence-corrected chi connectivity index (χ3v) is 6.42. The Hall–Kier alpha value is -2.42. The zero-order valence-corrected chi connectivity index (χ0v) is 17.4. The fraction of sp³-hybridized carbons (Fsp3) is 0.158. The van der Waals surface area contributed by atoms with Gasteiger partial charge < -0.3 is 0 Å². The first-order valence-electron chi connectivity index (χ1n) is 8.34. The molecule has 3 aromatic heterocycles. The van der Waals surface area contributed by atoms with Crippen LogP contribution in [0.2, 0.25) is 5.02 Å². The molecule has 28 heavy (non-hydrogen) atoms. The highest BCUT2D eigenvalue weighted by molar-refractivity contribution is 7.98. The van der Waals surface area contributed by atoms with Crippen LogP contribution in [0.3, 0.4) is 0 Å². The molecule has 9 heteroatoms. The first-order valence-corrected chi connectivity index (χ1v) is 10.6. The summed E-state index contributed by atoms with van der Waals surface area (Å²) in [6.07, 6.45) is 0. The van der Waals surface area contributed by atoms with Gasteiger partial charge in [-0.05, 0) is 29.1 Å². The van der Waals surface area contributed by atoms with E-state index in [9.17, 15) is 9.59 Å². The van der Waals surface area contributed by atoms with Crippen LogP contribution in [-0.4, -0.2) is 19.1 Å². The van der Waals surface area contributed by atoms with Gasteiger partial charge >= 0.3 is 5.69 Å². The lowest BCUT2D eigenvalue weighted by molar-refractivity contribution is 0.703. The molecule has 0 amide bonds. The van der Waals surface area contributed by atoms with Crippen molar-refractivity contribution in [1.82, 2.24) is 19.1 Å². The molecular formula is C19H15ClN4O2S2. The van der Waals surface area contributed by atoms with Crippen molar-refractivity contribution in [2.24, 2.45) is 14.1 Å². The fourth-order valence-corrected chi connectivity index (χ4v) is 4.66. The van der Waals surface area contributed by atoms with E-state index < -0.39 is 11.2 Å². The zero-order chi connectivity index (χ0) is 19.8. The van der Waals surface area contributed by atoms with Crippen molar-refractivity contribution in [1.29, 1.82) is 0 Å². The van der Waals surface area contributed by atoms with E-state index in [0.717, 1.165) is 15.0 Å². The van der Waals surface area contributed by atoms with E-state index in [1.54, 1.807) is 7.05 Å². The highest BCUT2D eigenvalue weighted by Gasteiger charge is 2.18. The SMILES string of the molecule is Cn1c(=O)c2c(SCc3cccc(Cl)c3)nc(-c3cccs3)nc2n(C)c1=O. The molecule has 0 radical (unpaired) electrons. The van der Waals surface area contributed by atoms with E-state index in [1.165, 1.54) is 34.7 Å². The number of fused-ring (bicyclic) bond motifs is 1. The van der Waals surface area contributed by atoms with Crippen LogP contribution >= 0.6 is 34.7 Å². The molecule has 0 aliphatic heterocycles. The molecule has 0 saturated heterocycles. The smallest absolute Gasteiger partial charge is 0.280 e. The predicted octanol–water partition coefficient (Wildman–Crippen LogP) is 3.70. The topological polar surface area (TPSA) is 69.8 Å². The minimum Gasteiger partial charge on any atom is -0.280 e. The van der Waals surface area contributed by atoms with Gasteiger partial charge in [0.2, 0.25) is 0 Å². The molecule has 4 rings (SSSR count). The molecular weight excluding hydrogens is 416 g/mol. The molecule has 0 spiro atoms. The fourth-order valence-electron chi connectivity index (χ4n) is 2.83. The summed E-state index contributed by atoms with van der Waals surface area (Å²) in [5.74, 6) is 1.09. The van der Waals surface area contributed by atoms with Crippen molar-refractivity contribution in [2.45, 2.75) is 10.8 Å². The lowest BCUT2D eigenvalue weighted by atomic mass is 10.2. The number of thioether (sulfide) groups is 1. The molecule has 0 N–H and O–H groups in total. The molecule has 0 aliphatic rings. The van der Waals surface area contributed by atoms with Crippen molar-refractivity contribution in [2.75, 3.05) is 0 Å². The Morgan fingerprint density at radius 1 is 1.11 bits per heavy atom. The lowest BCUT2D eigenvalue weighted by Crippen LogP contribution is -2.37. The average molecular weight is 431 g/mol. The van der Waals surface area contributed by atoms with E-state index in [4.69, 9.17) is 11.6 Å². The van der Waals surface area contributed by atoms with Crippen LogP contribution in [0.4, 0.5) is 0 Å². The summed E-state index contributed by atoms with van der Waals surface area (Å²) in [7, 11) is 3.07. The number of aryl methyl sites for hydroxylation is 1. The highest BCUT2D eigenvalue weighted by atomic mass is 35.5. The van der Waals surface area contributed by atoms with Crippen LogP contribution in [0.5, 0.6) is 0 Å². The van der Waals surface area contributed by atoms with Gasteiger partial charge in [-0.1, -0.05) is 29.8 Å². The van der Waals surface area contributed by atoms with Crippen molar-refractivity contribution in [3.8, 4) is 10.7 Å². The number of hydrogen-bond donors (Lipinski definition) is 0. The molecule has 1 aromatic carbocycles. The predicted molar refractivity (Wildman–Crippen MR) is 114 cm³/mol. The summed E-state index contributed by atoms with van der Waals surface area (Å²) >= 11 is 9.01. The van der Waals surface area contributed by atoms with E-state index in [1.807, 2.05) is 41.8 Å². The Kier molecular flexibility index (Phi) is 5.09. The molecule has 0 atom stereocenters. The van der Waals surface area contributed by atoms with Crippen molar-refractivity contribution in [3.63, 3.8) is 0 Å². The third kappa shape index (κ3) is 3.39. The van der Waals surface area contributed by atoms with Crippen LogP contribution in [-0.2, 0) is 19.8 Å². The maximum atomic E-state index is 12.8. The van der Waals surface area contributed by atoms with Gasteiger partial charge in [0.25, 0.3) is 5.56 Å². The molecule has 6 nitrogen and oxygen atoms in total. The second-order valence-corrected chi connectivity index (χ2v) is 8.50. The van der Waals surface area contributed by atoms with E-state index in [0.29, 0.717) is 32.7 Å². The summed E-state index contributed by atoms with van der Waals surface area (Å²) in [6.45, 7) is 0. The average Bonchev–Trinajstić information content (AvgIpc) is 3.23. The maximum Gasteiger partial charge on any atom is 0.332 e. The van der Waals surface area contributed by atoms with Gasteiger partial charge in [-0.15, -0.1) is 23.1 Å². The Morgan fingerprint density at radius 3 is 2.64 bits per heavy atom. The standard InChI is InChI=1S/C19H15ClN4O2S2/c1-23-16-14(18(25)24(2)19(23)26)17(22-15(21-16)13-7-4-8-27-13)28-10-11-5-3-6-12(20)9-11/h3-9H,10H2,1-2H3. The van der Waals surface area contributed by atoms with Gasteiger partial charge in [0, 0.05) is 24.9 Å². The van der Waals surface area contributed by atoms with Gasteiger partial charge in [0.05, 0.1) is 4.88 Å². The lowest BCUT2D eigenvalue weighted by Gasteiger charge is -2.11. The molecule has 3 heterocycles. The minimum absolute atomic E-state index is 0.333. The van der Waals surface area contributed by atoms with Crippen molar-refractivity contribution in [3.05, 3.63) is 73.2 Å². The molecule has 0 unspecified atom stereocenters. The van der Waals surface area contributed by atoms with Crippen molar-refractivity contribution >= 4 is 45.7 Å². The number of halogens is 1. The van der Waals surface area contributed by atoms with E-state index >= 15 is 0 Å². The first kappa shape index (κ1) is 18.9. The summed E-state index contributed by atoms with van der Waals surface area (Å²) in [4.78, 5) is 35.3. The first-order chi connectivity index (χ1) is 13.5. The number of rotatable bonds is 4. The van der Waals surface area contributed by atoms with Crippen LogP contribution in [0, 0.1) is 0 Å². The van der Waals surface area contributed by atoms with Crippen LogP contribution < -0.4 is 11.2 Å². The highest BCUT2D eigenvalue weighted by Crippen LogP contribution is 2.30. The Labute approximate surface area is 173 Å². The van der Waals surface area contributed by atoms with E-state index in [-0.39, 0.29) is 0 Å². The Bertz CT molecular complexity index is 1300. The molecule has 0 fully saturated rings. The minimum atomic E-state index is -0.417. The van der Waals surface area contributed by atoms with Crippen LogP contribution in [0.15, 0.2) is 56.4 Å². The quantitative estimate of drug-likeness (QED) is 0.364. The molecule has 0 saturated carbocycles. The molecule has 4 aromatic rings. The summed E-state index contributed by atoms with van der Waals surface area (Å²) in [5, 5.41) is 3.48. The van der Waals surface area contributed by atoms with Gasteiger partial charge in [-0.2, -0.15) is 0 Å². The zero-order valence-electron chi connectivity index (χ0n) is 15.0. The number of hydrogen-bond acceptors (Lipinski definition) is 6. The Morgan fingerprint density at radius 2 is 1.93 bits per heavy atom. The van der Waals surface area contributed by atoms with Gasteiger partial charge in [0.15, 0.2) is 11.5 Å². The maximum absolute atomic E-state index is 12.8. The third-order valence-electron chi connectivity index (χ3n) is 4.27. The van der Waals surface area contributed by atoms with Gasteiger partial charge in [-0.25, -0.2) is 14.8 Å². The molecule has 0 aliphatic carbocycles. The van der Waals surface area contributed by atoms with Crippen molar-refractivity contribution < 1.29 is 0 Å². The summed E-state index contributed by atoms with van der Waals surface area (Å²) in [6, 6.07) is 11.4. The molecule has 142 valence electrons. The Balaban J connectivity index is 1.92. The number of thiophene rings is 1. The van der Waals surface area contributed by atoms with Gasteiger partial charge in [-0.3, -0.25) is 13.9 Å². The van der Waals surface area contributed by atoms with Gasteiger partial charge in [0.1, 0.15) is 10.4 Å². The number of aromatic nitrogens is 4. The van der Waals surface area contributed by atoms with Crippen LogP contribution in [0.1, 0.15) is 5.56 Å². The van der Waals surface area contributed by atoms with E-state index in [2.05, 4.69) is 9.97 Å². The summed E-state index contributed by atoms with van der Waals surface area (Å²) in [5.41, 5.74) is 0.534. The second-order valence-electron chi connectivity index (χ2n) is 6.15. The second kappa shape index (κ2) is 7.54. The monoisotopic (exact) mass is 430 g/mol. The molecule has 0 bridgehead atoms.